The van der Waals surface area contributed by atoms with Crippen LogP contribution >= 0.6 is 0 Å². The van der Waals surface area contributed by atoms with Crippen LogP contribution in [0.15, 0.2) is 30.3 Å². The van der Waals surface area contributed by atoms with Gasteiger partial charge in [0, 0.05) is 5.56 Å². The maximum atomic E-state index is 6.81. The number of hydrogen-bond donors (Lipinski definition) is 0. The average Bonchev–Trinajstić information content (AvgIpc) is 2.77. The summed E-state index contributed by atoms with van der Waals surface area (Å²) in [4.78, 5) is 0. The summed E-state index contributed by atoms with van der Waals surface area (Å²) in [7, 11) is -1.83. The molecule has 2 heteroatoms. The molecule has 0 amide bonds. The van der Waals surface area contributed by atoms with Gasteiger partial charge in [0.25, 0.3) is 8.32 Å². The third-order valence-corrected chi connectivity index (χ3v) is 10.8. The predicted octanol–water partition coefficient (Wildman–Crippen LogP) is 5.78. The molecule has 110 valence electrons. The lowest BCUT2D eigenvalue weighted by molar-refractivity contribution is 0.445. The number of hydrogen-bond acceptors (Lipinski definition) is 1. The highest BCUT2D eigenvalue weighted by atomic mass is 28.4. The van der Waals surface area contributed by atoms with Crippen molar-refractivity contribution >= 4 is 14.1 Å². The molecule has 0 aliphatic heterocycles. The van der Waals surface area contributed by atoms with E-state index in [-0.39, 0.29) is 0 Å². The van der Waals surface area contributed by atoms with Crippen LogP contribution in [0, 0.1) is 0 Å². The Morgan fingerprint density at radius 1 is 0.900 bits per heavy atom. The quantitative estimate of drug-likeness (QED) is 0.624. The molecule has 0 saturated carbocycles. The second-order valence-electron chi connectivity index (χ2n) is 6.85. The monoisotopic (exact) mass is 288 g/mol. The van der Waals surface area contributed by atoms with E-state index in [1.54, 1.807) is 0 Å². The smallest absolute Gasteiger partial charge is 0.258 e. The van der Waals surface area contributed by atoms with E-state index in [0.29, 0.717) is 16.6 Å². The van der Waals surface area contributed by atoms with Crippen molar-refractivity contribution in [2.75, 3.05) is 0 Å². The lowest BCUT2D eigenvalue weighted by atomic mass is 10.1. The zero-order chi connectivity index (χ0) is 14.9. The number of benzene rings is 1. The van der Waals surface area contributed by atoms with Crippen molar-refractivity contribution in [1.82, 2.24) is 0 Å². The van der Waals surface area contributed by atoms with Crippen LogP contribution in [0.25, 0.3) is 5.76 Å². The SMILES string of the molecule is CC(C)[Si](OC1=CCc2ccccc21)(C(C)C)C(C)C. The average molecular weight is 289 g/mol. The van der Waals surface area contributed by atoms with Crippen molar-refractivity contribution in [3.05, 3.63) is 41.5 Å². The summed E-state index contributed by atoms with van der Waals surface area (Å²) in [5, 5.41) is 0. The Bertz CT molecular complexity index is 478. The molecule has 0 heterocycles. The molecule has 0 atom stereocenters. The minimum absolute atomic E-state index is 0.621. The molecule has 0 spiro atoms. The minimum Gasteiger partial charge on any atom is -0.542 e. The van der Waals surface area contributed by atoms with Crippen LogP contribution in [-0.4, -0.2) is 8.32 Å². The summed E-state index contributed by atoms with van der Waals surface area (Å²) in [6.45, 7) is 14.0. The van der Waals surface area contributed by atoms with Crippen molar-refractivity contribution in [2.24, 2.45) is 0 Å². The first-order chi connectivity index (χ1) is 9.39. The fourth-order valence-corrected chi connectivity index (χ4v) is 9.17. The Hall–Kier alpha value is -1.02. The van der Waals surface area contributed by atoms with E-state index < -0.39 is 8.32 Å². The van der Waals surface area contributed by atoms with Gasteiger partial charge >= 0.3 is 0 Å². The zero-order valence-corrected chi connectivity index (χ0v) is 14.7. The van der Waals surface area contributed by atoms with Gasteiger partial charge in [0.1, 0.15) is 5.76 Å². The van der Waals surface area contributed by atoms with Crippen molar-refractivity contribution in [2.45, 2.75) is 64.6 Å². The zero-order valence-electron chi connectivity index (χ0n) is 13.7. The molecule has 1 aliphatic carbocycles. The molecule has 1 aromatic carbocycles. The van der Waals surface area contributed by atoms with E-state index in [1.807, 2.05) is 0 Å². The lowest BCUT2D eigenvalue weighted by Crippen LogP contribution is -2.47. The second-order valence-corrected chi connectivity index (χ2v) is 12.2. The summed E-state index contributed by atoms with van der Waals surface area (Å²) < 4.78 is 6.81. The Labute approximate surface area is 125 Å². The molecule has 0 bridgehead atoms. The van der Waals surface area contributed by atoms with Gasteiger partial charge in [0.15, 0.2) is 0 Å². The van der Waals surface area contributed by atoms with Gasteiger partial charge in [0.05, 0.1) is 0 Å². The Balaban J connectivity index is 2.35. The van der Waals surface area contributed by atoms with E-state index in [4.69, 9.17) is 4.43 Å². The topological polar surface area (TPSA) is 9.23 Å². The number of rotatable bonds is 5. The standard InChI is InChI=1S/C18H28OSi/c1-13(2)20(14(3)4,15(5)6)19-18-12-11-16-9-7-8-10-17(16)18/h7-10,12-15H,11H2,1-6H3. The molecule has 1 aromatic rings. The van der Waals surface area contributed by atoms with Gasteiger partial charge < -0.3 is 4.43 Å². The van der Waals surface area contributed by atoms with Gasteiger partial charge in [-0.05, 0) is 34.7 Å². The molecule has 0 unspecified atom stereocenters. The van der Waals surface area contributed by atoms with Crippen LogP contribution in [-0.2, 0) is 10.8 Å². The van der Waals surface area contributed by atoms with Gasteiger partial charge in [-0.1, -0.05) is 65.8 Å². The van der Waals surface area contributed by atoms with Gasteiger partial charge in [0.2, 0.25) is 0 Å². The van der Waals surface area contributed by atoms with E-state index in [2.05, 4.69) is 71.9 Å². The van der Waals surface area contributed by atoms with Crippen molar-refractivity contribution in [3.8, 4) is 0 Å². The van der Waals surface area contributed by atoms with Gasteiger partial charge in [-0.25, -0.2) is 0 Å². The van der Waals surface area contributed by atoms with Crippen LogP contribution in [0.1, 0.15) is 52.7 Å². The van der Waals surface area contributed by atoms with Gasteiger partial charge in [-0.15, -0.1) is 0 Å². The number of fused-ring (bicyclic) bond motifs is 1. The molecule has 0 radical (unpaired) electrons. The summed E-state index contributed by atoms with van der Waals surface area (Å²) in [5.41, 5.74) is 4.58. The first kappa shape index (κ1) is 15.4. The van der Waals surface area contributed by atoms with Gasteiger partial charge in [-0.3, -0.25) is 0 Å². The maximum Gasteiger partial charge on any atom is 0.258 e. The van der Waals surface area contributed by atoms with Crippen LogP contribution in [0.5, 0.6) is 0 Å². The van der Waals surface area contributed by atoms with Crippen LogP contribution in [0.2, 0.25) is 16.6 Å². The van der Waals surface area contributed by atoms with Crippen molar-refractivity contribution in [3.63, 3.8) is 0 Å². The van der Waals surface area contributed by atoms with Crippen LogP contribution in [0.3, 0.4) is 0 Å². The molecule has 0 aromatic heterocycles. The molecule has 0 fully saturated rings. The molecule has 1 aliphatic rings. The van der Waals surface area contributed by atoms with Crippen LogP contribution in [0.4, 0.5) is 0 Å². The Kier molecular flexibility index (Phi) is 4.43. The Morgan fingerprint density at radius 2 is 1.45 bits per heavy atom. The highest BCUT2D eigenvalue weighted by Crippen LogP contribution is 2.46. The second kappa shape index (κ2) is 5.77. The van der Waals surface area contributed by atoms with Crippen molar-refractivity contribution < 1.29 is 4.43 Å². The third-order valence-electron chi connectivity index (χ3n) is 4.78. The molecular weight excluding hydrogens is 260 g/mol. The highest BCUT2D eigenvalue weighted by Gasteiger charge is 2.47. The normalized spacial score (nSPS) is 14.9. The molecule has 2 rings (SSSR count). The predicted molar refractivity (Wildman–Crippen MR) is 90.3 cm³/mol. The fourth-order valence-electron chi connectivity index (χ4n) is 3.89. The summed E-state index contributed by atoms with van der Waals surface area (Å²) in [6, 6.07) is 8.65. The summed E-state index contributed by atoms with van der Waals surface area (Å²) >= 11 is 0. The van der Waals surface area contributed by atoms with E-state index in [0.717, 1.165) is 12.2 Å². The highest BCUT2D eigenvalue weighted by molar-refractivity contribution is 6.78. The van der Waals surface area contributed by atoms with Gasteiger partial charge in [-0.2, -0.15) is 0 Å². The lowest BCUT2D eigenvalue weighted by Gasteiger charge is -2.42. The largest absolute Gasteiger partial charge is 0.542 e. The molecule has 20 heavy (non-hydrogen) atoms. The molecule has 0 saturated heterocycles. The third kappa shape index (κ3) is 2.46. The first-order valence-electron chi connectivity index (χ1n) is 7.87. The minimum atomic E-state index is -1.83. The number of allylic oxidation sites excluding steroid dienone is 1. The van der Waals surface area contributed by atoms with Crippen LogP contribution < -0.4 is 0 Å². The molecule has 0 N–H and O–H groups in total. The summed E-state index contributed by atoms with van der Waals surface area (Å²) in [6.07, 6.45) is 3.30. The molecular formula is C18H28OSi. The summed E-state index contributed by atoms with van der Waals surface area (Å²) in [5.74, 6) is 1.14. The first-order valence-corrected chi connectivity index (χ1v) is 10.0. The van der Waals surface area contributed by atoms with E-state index in [9.17, 15) is 0 Å². The van der Waals surface area contributed by atoms with E-state index in [1.165, 1.54) is 11.1 Å². The maximum absolute atomic E-state index is 6.81. The van der Waals surface area contributed by atoms with Crippen molar-refractivity contribution in [1.29, 1.82) is 0 Å². The Morgan fingerprint density at radius 3 is 2.00 bits per heavy atom. The van der Waals surface area contributed by atoms with E-state index >= 15 is 0 Å². The fraction of sp³-hybridized carbons (Fsp3) is 0.556. The molecule has 1 nitrogen and oxygen atoms in total.